The van der Waals surface area contributed by atoms with Crippen LogP contribution >= 0.6 is 0 Å². The van der Waals surface area contributed by atoms with Crippen LogP contribution < -0.4 is 4.74 Å². The average Bonchev–Trinajstić information content (AvgIpc) is 2.26. The Kier molecular flexibility index (Phi) is 4.12. The maximum atomic E-state index is 10.6. The lowest BCUT2D eigenvalue weighted by molar-refractivity contribution is 0.0697. The van der Waals surface area contributed by atoms with Gasteiger partial charge < -0.3 is 14.9 Å². The molecule has 1 rings (SSSR count). The predicted molar refractivity (Wildman–Crippen MR) is 55.1 cm³/mol. The first kappa shape index (κ1) is 11.5. The molecule has 0 aliphatic rings. The number of hydrogen-bond donors (Lipinski definition) is 2. The van der Waals surface area contributed by atoms with Crippen LogP contribution in [-0.2, 0) is 0 Å². The number of aromatic carboxylic acids is 1. The molecule has 0 aliphatic carbocycles. The lowest BCUT2D eigenvalue weighted by Crippen LogP contribution is -2.12. The highest BCUT2D eigenvalue weighted by Crippen LogP contribution is 2.13. The first-order chi connectivity index (χ1) is 7.13. The van der Waals surface area contributed by atoms with Crippen molar-refractivity contribution >= 4 is 5.97 Å². The lowest BCUT2D eigenvalue weighted by atomic mass is 10.2. The third kappa shape index (κ3) is 3.59. The Hall–Kier alpha value is -1.55. The van der Waals surface area contributed by atoms with Gasteiger partial charge in [0.15, 0.2) is 0 Å². The van der Waals surface area contributed by atoms with Crippen molar-refractivity contribution in [2.24, 2.45) is 5.92 Å². The van der Waals surface area contributed by atoms with Crippen LogP contribution in [-0.4, -0.2) is 29.4 Å². The summed E-state index contributed by atoms with van der Waals surface area (Å²) in [5.41, 5.74) is 0.234. The second-order valence-corrected chi connectivity index (χ2v) is 3.43. The molecule has 0 aromatic heterocycles. The Morgan fingerprint density at radius 2 is 2.00 bits per heavy atom. The smallest absolute Gasteiger partial charge is 0.335 e. The number of benzene rings is 1. The van der Waals surface area contributed by atoms with Crippen molar-refractivity contribution in [1.29, 1.82) is 0 Å². The SMILES string of the molecule is CC(CO)COc1ccc(C(=O)O)cc1. The molecule has 1 atom stereocenters. The van der Waals surface area contributed by atoms with Gasteiger partial charge in [0.1, 0.15) is 5.75 Å². The Morgan fingerprint density at radius 3 is 2.47 bits per heavy atom. The summed E-state index contributed by atoms with van der Waals surface area (Å²) >= 11 is 0. The van der Waals surface area contributed by atoms with Crippen molar-refractivity contribution in [3.8, 4) is 5.75 Å². The quantitative estimate of drug-likeness (QED) is 0.770. The van der Waals surface area contributed by atoms with Crippen LogP contribution in [0, 0.1) is 5.92 Å². The van der Waals surface area contributed by atoms with Crippen LogP contribution in [0.25, 0.3) is 0 Å². The van der Waals surface area contributed by atoms with Gasteiger partial charge in [0.05, 0.1) is 12.2 Å². The van der Waals surface area contributed by atoms with E-state index in [2.05, 4.69) is 0 Å². The van der Waals surface area contributed by atoms with Crippen molar-refractivity contribution in [2.75, 3.05) is 13.2 Å². The summed E-state index contributed by atoms with van der Waals surface area (Å²) in [6, 6.07) is 6.18. The summed E-state index contributed by atoms with van der Waals surface area (Å²) in [6.45, 7) is 2.36. The molecule has 0 bridgehead atoms. The fraction of sp³-hybridized carbons (Fsp3) is 0.364. The molecular weight excluding hydrogens is 196 g/mol. The predicted octanol–water partition coefficient (Wildman–Crippen LogP) is 1.39. The van der Waals surface area contributed by atoms with Gasteiger partial charge in [-0.3, -0.25) is 0 Å². The number of carboxylic acid groups (broad SMARTS) is 1. The van der Waals surface area contributed by atoms with Gasteiger partial charge in [-0.1, -0.05) is 6.92 Å². The molecule has 0 spiro atoms. The summed E-state index contributed by atoms with van der Waals surface area (Å²) in [5.74, 6) is -0.269. The van der Waals surface area contributed by atoms with Gasteiger partial charge in [-0.25, -0.2) is 4.79 Å². The van der Waals surface area contributed by atoms with E-state index in [0.29, 0.717) is 12.4 Å². The van der Waals surface area contributed by atoms with Gasteiger partial charge in [-0.05, 0) is 24.3 Å². The number of hydrogen-bond acceptors (Lipinski definition) is 3. The zero-order chi connectivity index (χ0) is 11.3. The maximum absolute atomic E-state index is 10.6. The van der Waals surface area contributed by atoms with Gasteiger partial charge >= 0.3 is 5.97 Å². The highest BCUT2D eigenvalue weighted by molar-refractivity contribution is 5.87. The molecule has 0 fully saturated rings. The van der Waals surface area contributed by atoms with E-state index in [1.807, 2.05) is 6.92 Å². The minimum Gasteiger partial charge on any atom is -0.493 e. The molecule has 2 N–H and O–H groups in total. The molecule has 15 heavy (non-hydrogen) atoms. The zero-order valence-corrected chi connectivity index (χ0v) is 8.51. The van der Waals surface area contributed by atoms with Gasteiger partial charge in [0.25, 0.3) is 0 Å². The average molecular weight is 210 g/mol. The van der Waals surface area contributed by atoms with E-state index >= 15 is 0 Å². The van der Waals surface area contributed by atoms with Crippen LogP contribution in [0.1, 0.15) is 17.3 Å². The lowest BCUT2D eigenvalue weighted by Gasteiger charge is -2.10. The van der Waals surface area contributed by atoms with Gasteiger partial charge in [0.2, 0.25) is 0 Å². The van der Waals surface area contributed by atoms with Crippen LogP contribution in [0.4, 0.5) is 0 Å². The van der Waals surface area contributed by atoms with Crippen molar-refractivity contribution < 1.29 is 19.7 Å². The van der Waals surface area contributed by atoms with E-state index in [4.69, 9.17) is 14.9 Å². The fourth-order valence-corrected chi connectivity index (χ4v) is 0.985. The van der Waals surface area contributed by atoms with Crippen molar-refractivity contribution in [3.63, 3.8) is 0 Å². The van der Waals surface area contributed by atoms with Crippen molar-refractivity contribution in [3.05, 3.63) is 29.8 Å². The third-order valence-electron chi connectivity index (χ3n) is 1.95. The summed E-state index contributed by atoms with van der Waals surface area (Å²) in [5, 5.41) is 17.4. The molecule has 0 aliphatic heterocycles. The first-order valence-corrected chi connectivity index (χ1v) is 4.70. The Labute approximate surface area is 88.1 Å². The number of ether oxygens (including phenoxy) is 1. The minimum absolute atomic E-state index is 0.0733. The van der Waals surface area contributed by atoms with E-state index in [1.54, 1.807) is 12.1 Å². The molecule has 4 nitrogen and oxygen atoms in total. The van der Waals surface area contributed by atoms with Crippen LogP contribution in [0.5, 0.6) is 5.75 Å². The monoisotopic (exact) mass is 210 g/mol. The number of carboxylic acids is 1. The number of rotatable bonds is 5. The zero-order valence-electron chi connectivity index (χ0n) is 8.51. The van der Waals surface area contributed by atoms with Crippen LogP contribution in [0.2, 0.25) is 0 Å². The highest BCUT2D eigenvalue weighted by atomic mass is 16.5. The molecule has 1 unspecified atom stereocenters. The van der Waals surface area contributed by atoms with E-state index in [0.717, 1.165) is 0 Å². The van der Waals surface area contributed by atoms with E-state index < -0.39 is 5.97 Å². The summed E-state index contributed by atoms with van der Waals surface area (Å²) in [4.78, 5) is 10.6. The third-order valence-corrected chi connectivity index (χ3v) is 1.95. The molecule has 0 saturated heterocycles. The molecule has 82 valence electrons. The minimum atomic E-state index is -0.953. The summed E-state index contributed by atoms with van der Waals surface area (Å²) in [6.07, 6.45) is 0. The number of carbonyl (C=O) groups is 1. The molecule has 0 amide bonds. The fourth-order valence-electron chi connectivity index (χ4n) is 0.985. The van der Waals surface area contributed by atoms with Gasteiger partial charge in [-0.15, -0.1) is 0 Å². The normalized spacial score (nSPS) is 12.1. The summed E-state index contributed by atoms with van der Waals surface area (Å²) < 4.78 is 5.34. The Morgan fingerprint density at radius 1 is 1.40 bits per heavy atom. The molecule has 4 heteroatoms. The largest absolute Gasteiger partial charge is 0.493 e. The molecule has 1 aromatic rings. The Balaban J connectivity index is 2.53. The number of aliphatic hydroxyl groups is 1. The molecule has 0 saturated carbocycles. The summed E-state index contributed by atoms with van der Waals surface area (Å²) in [7, 11) is 0. The highest BCUT2D eigenvalue weighted by Gasteiger charge is 2.03. The van der Waals surface area contributed by atoms with E-state index in [9.17, 15) is 4.79 Å². The second kappa shape index (κ2) is 5.36. The van der Waals surface area contributed by atoms with Crippen LogP contribution in [0.3, 0.4) is 0 Å². The second-order valence-electron chi connectivity index (χ2n) is 3.43. The molecule has 1 aromatic carbocycles. The maximum Gasteiger partial charge on any atom is 0.335 e. The Bertz CT molecular complexity index is 318. The van der Waals surface area contributed by atoms with Gasteiger partial charge in [-0.2, -0.15) is 0 Å². The molecule has 0 radical (unpaired) electrons. The molecular formula is C11H14O4. The topological polar surface area (TPSA) is 66.8 Å². The van der Waals surface area contributed by atoms with Crippen molar-refractivity contribution in [1.82, 2.24) is 0 Å². The standard InChI is InChI=1S/C11H14O4/c1-8(6-12)7-15-10-4-2-9(3-5-10)11(13)14/h2-5,8,12H,6-7H2,1H3,(H,13,14). The number of aliphatic hydroxyl groups excluding tert-OH is 1. The molecule has 0 heterocycles. The first-order valence-electron chi connectivity index (χ1n) is 4.70. The van der Waals surface area contributed by atoms with Gasteiger partial charge in [0, 0.05) is 12.5 Å². The van der Waals surface area contributed by atoms with Crippen molar-refractivity contribution in [2.45, 2.75) is 6.92 Å². The van der Waals surface area contributed by atoms with E-state index in [1.165, 1.54) is 12.1 Å². The van der Waals surface area contributed by atoms with Crippen LogP contribution in [0.15, 0.2) is 24.3 Å². The van der Waals surface area contributed by atoms with E-state index in [-0.39, 0.29) is 18.1 Å².